The first kappa shape index (κ1) is 15.8. The van der Waals surface area contributed by atoms with Crippen molar-refractivity contribution in [1.82, 2.24) is 4.90 Å². The predicted molar refractivity (Wildman–Crippen MR) is 81.0 cm³/mol. The third-order valence-corrected chi connectivity index (χ3v) is 4.61. The molecule has 0 bridgehead atoms. The second kappa shape index (κ2) is 6.47. The van der Waals surface area contributed by atoms with E-state index in [-0.39, 0.29) is 23.1 Å². The topological polar surface area (TPSA) is 66.8 Å². The van der Waals surface area contributed by atoms with Gasteiger partial charge < -0.3 is 14.7 Å². The van der Waals surface area contributed by atoms with E-state index in [1.54, 1.807) is 6.07 Å². The lowest BCUT2D eigenvalue weighted by molar-refractivity contribution is -0.136. The number of carbonyl (C=O) groups excluding carboxylic acids is 1. The van der Waals surface area contributed by atoms with Crippen molar-refractivity contribution in [3.8, 4) is 5.75 Å². The highest BCUT2D eigenvalue weighted by molar-refractivity contribution is 7.14. The molecule has 1 fully saturated rings. The minimum Gasteiger partial charge on any atom is -0.482 e. The van der Waals surface area contributed by atoms with Gasteiger partial charge in [-0.2, -0.15) is 0 Å². The van der Waals surface area contributed by atoms with Gasteiger partial charge in [-0.1, -0.05) is 13.8 Å². The van der Waals surface area contributed by atoms with Crippen LogP contribution in [0.1, 0.15) is 34.8 Å². The minimum absolute atomic E-state index is 0.0754. The number of rotatable bonds is 4. The van der Waals surface area contributed by atoms with Gasteiger partial charge in [0.2, 0.25) is 0 Å². The summed E-state index contributed by atoms with van der Waals surface area (Å²) in [6, 6.07) is 1.67. The highest BCUT2D eigenvalue weighted by atomic mass is 32.1. The monoisotopic (exact) mass is 311 g/mol. The summed E-state index contributed by atoms with van der Waals surface area (Å²) in [5.74, 6) is 0.187. The Balaban J connectivity index is 1.96. The van der Waals surface area contributed by atoms with Gasteiger partial charge in [-0.05, 0) is 31.2 Å². The molecule has 0 aromatic carbocycles. The Bertz CT molecular complexity index is 530. The van der Waals surface area contributed by atoms with Crippen LogP contribution < -0.4 is 4.74 Å². The maximum Gasteiger partial charge on any atom is 0.349 e. The Morgan fingerprint density at radius 3 is 2.57 bits per heavy atom. The molecule has 1 aromatic rings. The number of aryl methyl sites for hydroxylation is 1. The Kier molecular flexibility index (Phi) is 4.88. The Hall–Kier alpha value is -1.56. The molecule has 2 atom stereocenters. The molecule has 2 heterocycles. The van der Waals surface area contributed by atoms with Crippen molar-refractivity contribution in [3.63, 3.8) is 0 Å². The van der Waals surface area contributed by atoms with E-state index in [2.05, 4.69) is 13.8 Å². The fourth-order valence-corrected chi connectivity index (χ4v) is 3.64. The van der Waals surface area contributed by atoms with Crippen molar-refractivity contribution < 1.29 is 19.4 Å². The molecule has 0 aliphatic carbocycles. The van der Waals surface area contributed by atoms with Crippen LogP contribution in [0.2, 0.25) is 0 Å². The normalized spacial score (nSPS) is 22.1. The average molecular weight is 311 g/mol. The SMILES string of the molecule is Cc1cc(OCC(=O)N2CC(C)CC(C)C2)c(C(=O)O)s1. The van der Waals surface area contributed by atoms with E-state index in [1.807, 2.05) is 11.8 Å². The van der Waals surface area contributed by atoms with Crippen LogP contribution in [0, 0.1) is 18.8 Å². The van der Waals surface area contributed by atoms with E-state index in [9.17, 15) is 9.59 Å². The molecule has 1 aromatic heterocycles. The number of ether oxygens (including phenoxy) is 1. The molecule has 0 spiro atoms. The number of carboxylic acids is 1. The number of hydrogen-bond acceptors (Lipinski definition) is 4. The fourth-order valence-electron chi connectivity index (χ4n) is 2.84. The molecular weight excluding hydrogens is 290 g/mol. The molecule has 1 amide bonds. The van der Waals surface area contributed by atoms with Gasteiger partial charge in [0.05, 0.1) is 0 Å². The number of thiophene rings is 1. The quantitative estimate of drug-likeness (QED) is 0.928. The molecule has 0 radical (unpaired) electrons. The first-order valence-corrected chi connectivity index (χ1v) is 7.92. The third kappa shape index (κ3) is 3.97. The molecule has 1 N–H and O–H groups in total. The zero-order valence-corrected chi connectivity index (χ0v) is 13.4. The number of piperidine rings is 1. The molecule has 21 heavy (non-hydrogen) atoms. The lowest BCUT2D eigenvalue weighted by atomic mass is 9.92. The van der Waals surface area contributed by atoms with E-state index in [0.717, 1.165) is 35.7 Å². The summed E-state index contributed by atoms with van der Waals surface area (Å²) in [4.78, 5) is 26.1. The van der Waals surface area contributed by atoms with Crippen LogP contribution in [0.15, 0.2) is 6.07 Å². The molecule has 5 nitrogen and oxygen atoms in total. The van der Waals surface area contributed by atoms with E-state index in [1.165, 1.54) is 0 Å². The van der Waals surface area contributed by atoms with Crippen LogP contribution in [0.5, 0.6) is 5.75 Å². The molecule has 6 heteroatoms. The Morgan fingerprint density at radius 2 is 2.00 bits per heavy atom. The van der Waals surface area contributed by atoms with Crippen molar-refractivity contribution in [3.05, 3.63) is 15.8 Å². The summed E-state index contributed by atoms with van der Waals surface area (Å²) in [5.41, 5.74) is 0. The zero-order chi connectivity index (χ0) is 15.6. The average Bonchev–Trinajstić information content (AvgIpc) is 2.76. The second-order valence-electron chi connectivity index (χ2n) is 5.89. The summed E-state index contributed by atoms with van der Waals surface area (Å²) < 4.78 is 5.44. The molecular formula is C15H21NO4S. The number of hydrogen-bond donors (Lipinski definition) is 1. The fraction of sp³-hybridized carbons (Fsp3) is 0.600. The van der Waals surface area contributed by atoms with Crippen LogP contribution >= 0.6 is 11.3 Å². The first-order valence-electron chi connectivity index (χ1n) is 7.11. The third-order valence-electron chi connectivity index (χ3n) is 3.59. The largest absolute Gasteiger partial charge is 0.482 e. The maximum atomic E-state index is 12.2. The van der Waals surface area contributed by atoms with Gasteiger partial charge in [-0.3, -0.25) is 4.79 Å². The summed E-state index contributed by atoms with van der Waals surface area (Å²) in [6.45, 7) is 7.50. The predicted octanol–water partition coefficient (Wildman–Crippen LogP) is 2.64. The molecule has 0 saturated carbocycles. The van der Waals surface area contributed by atoms with Crippen LogP contribution in [0.25, 0.3) is 0 Å². The summed E-state index contributed by atoms with van der Waals surface area (Å²) in [5, 5.41) is 9.10. The number of nitrogens with zero attached hydrogens (tertiary/aromatic N) is 1. The van der Waals surface area contributed by atoms with Crippen molar-refractivity contribution >= 4 is 23.2 Å². The summed E-state index contributed by atoms with van der Waals surface area (Å²) in [6.07, 6.45) is 1.14. The Labute approximate surface area is 128 Å². The zero-order valence-electron chi connectivity index (χ0n) is 12.6. The van der Waals surface area contributed by atoms with Gasteiger partial charge in [0, 0.05) is 18.0 Å². The standard InChI is InChI=1S/C15H21NO4S/c1-9-4-10(2)7-16(6-9)13(17)8-20-12-5-11(3)21-14(12)15(18)19/h5,9-10H,4,6-8H2,1-3H3,(H,18,19). The van der Waals surface area contributed by atoms with Crippen LogP contribution in [0.3, 0.4) is 0 Å². The molecule has 116 valence electrons. The Morgan fingerprint density at radius 1 is 1.38 bits per heavy atom. The van der Waals surface area contributed by atoms with Crippen molar-refractivity contribution in [2.24, 2.45) is 11.8 Å². The smallest absolute Gasteiger partial charge is 0.349 e. The van der Waals surface area contributed by atoms with E-state index in [0.29, 0.717) is 11.8 Å². The highest BCUT2D eigenvalue weighted by Gasteiger charge is 2.26. The minimum atomic E-state index is -1.02. The number of aromatic carboxylic acids is 1. The van der Waals surface area contributed by atoms with E-state index in [4.69, 9.17) is 9.84 Å². The summed E-state index contributed by atoms with van der Waals surface area (Å²) >= 11 is 1.16. The van der Waals surface area contributed by atoms with Gasteiger partial charge in [0.15, 0.2) is 11.5 Å². The summed E-state index contributed by atoms with van der Waals surface area (Å²) in [7, 11) is 0. The van der Waals surface area contributed by atoms with Crippen molar-refractivity contribution in [1.29, 1.82) is 0 Å². The van der Waals surface area contributed by atoms with Gasteiger partial charge in [-0.25, -0.2) is 4.79 Å². The van der Waals surface area contributed by atoms with Crippen LogP contribution in [-0.4, -0.2) is 41.6 Å². The first-order chi connectivity index (χ1) is 9.86. The molecule has 2 rings (SSSR count). The molecule has 1 aliphatic heterocycles. The van der Waals surface area contributed by atoms with Gasteiger partial charge in [-0.15, -0.1) is 11.3 Å². The second-order valence-corrected chi connectivity index (χ2v) is 7.15. The van der Waals surface area contributed by atoms with Gasteiger partial charge >= 0.3 is 5.97 Å². The van der Waals surface area contributed by atoms with E-state index >= 15 is 0 Å². The number of carbonyl (C=O) groups is 2. The van der Waals surface area contributed by atoms with E-state index < -0.39 is 5.97 Å². The lowest BCUT2D eigenvalue weighted by Gasteiger charge is -2.34. The number of likely N-dealkylation sites (tertiary alicyclic amines) is 1. The molecule has 1 saturated heterocycles. The lowest BCUT2D eigenvalue weighted by Crippen LogP contribution is -2.44. The molecule has 1 aliphatic rings. The van der Waals surface area contributed by atoms with Gasteiger partial charge in [0.25, 0.3) is 5.91 Å². The van der Waals surface area contributed by atoms with Crippen LogP contribution in [0.4, 0.5) is 0 Å². The molecule has 2 unspecified atom stereocenters. The van der Waals surface area contributed by atoms with Crippen molar-refractivity contribution in [2.45, 2.75) is 27.2 Å². The highest BCUT2D eigenvalue weighted by Crippen LogP contribution is 2.29. The van der Waals surface area contributed by atoms with Crippen LogP contribution in [-0.2, 0) is 4.79 Å². The van der Waals surface area contributed by atoms with Crippen molar-refractivity contribution in [2.75, 3.05) is 19.7 Å². The number of carboxylic acid groups (broad SMARTS) is 1. The van der Waals surface area contributed by atoms with Gasteiger partial charge in [0.1, 0.15) is 5.75 Å². The maximum absolute atomic E-state index is 12.2. The number of amides is 1.